The molecule has 3 rings (SSSR count). The molecule has 0 aromatic carbocycles. The van der Waals surface area contributed by atoms with Crippen LogP contribution in [0.3, 0.4) is 0 Å². The number of nitrogens with one attached hydrogen (secondary N) is 2. The Morgan fingerprint density at radius 2 is 2.21 bits per heavy atom. The van der Waals surface area contributed by atoms with Gasteiger partial charge in [0.2, 0.25) is 5.91 Å². The lowest BCUT2D eigenvalue weighted by atomic mass is 9.76. The van der Waals surface area contributed by atoms with Crippen molar-refractivity contribution < 1.29 is 4.79 Å². The number of aryl methyl sites for hydroxylation is 1. The summed E-state index contributed by atoms with van der Waals surface area (Å²) in [5, 5.41) is 9.79. The molecule has 0 bridgehead atoms. The highest BCUT2D eigenvalue weighted by Crippen LogP contribution is 2.42. The third-order valence-electron chi connectivity index (χ3n) is 4.31. The zero-order chi connectivity index (χ0) is 13.3. The summed E-state index contributed by atoms with van der Waals surface area (Å²) in [6.07, 6.45) is 5.18. The van der Waals surface area contributed by atoms with Crippen LogP contribution in [0, 0.1) is 12.8 Å². The minimum Gasteiger partial charge on any atom is -0.344 e. The molecule has 1 saturated carbocycles. The molecule has 2 heterocycles. The fraction of sp³-hybridized carbons (Fsp3) is 0.714. The van der Waals surface area contributed by atoms with E-state index in [1.807, 2.05) is 6.92 Å². The lowest BCUT2D eigenvalue weighted by Crippen LogP contribution is -2.53. The van der Waals surface area contributed by atoms with Crippen molar-refractivity contribution in [3.63, 3.8) is 0 Å². The summed E-state index contributed by atoms with van der Waals surface area (Å²) < 4.78 is 0. The first-order valence-corrected chi connectivity index (χ1v) is 8.03. The van der Waals surface area contributed by atoms with E-state index in [0.717, 1.165) is 49.5 Å². The molecular formula is C14H21N3OS. The second-order valence-electron chi connectivity index (χ2n) is 5.74. The largest absolute Gasteiger partial charge is 0.344 e. The summed E-state index contributed by atoms with van der Waals surface area (Å²) in [5.41, 5.74) is 0.906. The third-order valence-corrected chi connectivity index (χ3v) is 5.47. The molecule has 0 spiro atoms. The molecule has 1 amide bonds. The van der Waals surface area contributed by atoms with Crippen LogP contribution in [0.5, 0.6) is 0 Å². The number of aromatic nitrogens is 1. The van der Waals surface area contributed by atoms with E-state index in [-0.39, 0.29) is 17.4 Å². The zero-order valence-corrected chi connectivity index (χ0v) is 12.2. The van der Waals surface area contributed by atoms with E-state index in [9.17, 15) is 4.79 Å². The first kappa shape index (κ1) is 13.1. The molecule has 19 heavy (non-hydrogen) atoms. The van der Waals surface area contributed by atoms with Crippen LogP contribution >= 0.6 is 11.3 Å². The predicted octanol–water partition coefficient (Wildman–Crippen LogP) is 1.95. The van der Waals surface area contributed by atoms with Crippen molar-refractivity contribution in [3.05, 3.63) is 16.1 Å². The Balaban J connectivity index is 1.71. The van der Waals surface area contributed by atoms with Gasteiger partial charge < -0.3 is 10.6 Å². The molecule has 4 nitrogen and oxygen atoms in total. The van der Waals surface area contributed by atoms with Gasteiger partial charge in [0.05, 0.1) is 5.54 Å². The highest BCUT2D eigenvalue weighted by molar-refractivity contribution is 7.09. The number of hydrogen-bond donors (Lipinski definition) is 2. The highest BCUT2D eigenvalue weighted by Gasteiger charge is 2.43. The Morgan fingerprint density at radius 1 is 1.47 bits per heavy atom. The SMILES string of the molecule is Cc1csc(C2(NC(=O)C3CCNCC3)CCC2)n1. The Morgan fingerprint density at radius 3 is 2.74 bits per heavy atom. The number of carbonyl (C=O) groups is 1. The maximum absolute atomic E-state index is 12.4. The van der Waals surface area contributed by atoms with Gasteiger partial charge >= 0.3 is 0 Å². The van der Waals surface area contributed by atoms with Crippen LogP contribution in [-0.4, -0.2) is 24.0 Å². The van der Waals surface area contributed by atoms with Gasteiger partial charge in [0, 0.05) is 17.0 Å². The van der Waals surface area contributed by atoms with Crippen molar-refractivity contribution in [2.45, 2.75) is 44.6 Å². The molecule has 5 heteroatoms. The topological polar surface area (TPSA) is 54.0 Å². The van der Waals surface area contributed by atoms with Crippen molar-refractivity contribution in [3.8, 4) is 0 Å². The molecule has 1 aromatic heterocycles. The number of thiazole rings is 1. The third kappa shape index (κ3) is 2.54. The normalized spacial score (nSPS) is 22.8. The van der Waals surface area contributed by atoms with Gasteiger partial charge in [-0.05, 0) is 52.1 Å². The van der Waals surface area contributed by atoms with E-state index >= 15 is 0 Å². The fourth-order valence-corrected chi connectivity index (χ4v) is 3.93. The number of piperidine rings is 1. The highest BCUT2D eigenvalue weighted by atomic mass is 32.1. The van der Waals surface area contributed by atoms with Gasteiger partial charge in [-0.2, -0.15) is 0 Å². The quantitative estimate of drug-likeness (QED) is 0.889. The van der Waals surface area contributed by atoms with Gasteiger partial charge in [0.25, 0.3) is 0 Å². The van der Waals surface area contributed by atoms with Crippen LogP contribution < -0.4 is 10.6 Å². The van der Waals surface area contributed by atoms with Gasteiger partial charge in [-0.1, -0.05) is 0 Å². The first-order chi connectivity index (χ1) is 9.20. The van der Waals surface area contributed by atoms with Gasteiger partial charge in [-0.25, -0.2) is 4.98 Å². The van der Waals surface area contributed by atoms with E-state index in [2.05, 4.69) is 21.0 Å². The van der Waals surface area contributed by atoms with Crippen molar-refractivity contribution in [2.24, 2.45) is 5.92 Å². The van der Waals surface area contributed by atoms with Crippen LogP contribution in [0.15, 0.2) is 5.38 Å². The summed E-state index contributed by atoms with van der Waals surface area (Å²) in [4.78, 5) is 17.0. The number of carbonyl (C=O) groups excluding carboxylic acids is 1. The fourth-order valence-electron chi connectivity index (χ4n) is 2.92. The van der Waals surface area contributed by atoms with Crippen LogP contribution in [-0.2, 0) is 10.3 Å². The average molecular weight is 279 g/mol. The number of rotatable bonds is 3. The first-order valence-electron chi connectivity index (χ1n) is 7.15. The molecule has 2 fully saturated rings. The molecule has 1 aliphatic heterocycles. The Hall–Kier alpha value is -0.940. The summed E-state index contributed by atoms with van der Waals surface area (Å²) in [7, 11) is 0. The molecule has 0 radical (unpaired) electrons. The lowest BCUT2D eigenvalue weighted by Gasteiger charge is -2.42. The monoisotopic (exact) mass is 279 g/mol. The Kier molecular flexibility index (Phi) is 3.58. The molecule has 2 aliphatic rings. The summed E-state index contributed by atoms with van der Waals surface area (Å²) in [5.74, 6) is 0.411. The summed E-state index contributed by atoms with van der Waals surface area (Å²) >= 11 is 1.68. The number of nitrogens with zero attached hydrogens (tertiary/aromatic N) is 1. The molecule has 1 aliphatic carbocycles. The maximum Gasteiger partial charge on any atom is 0.223 e. The Labute approximate surface area is 118 Å². The molecule has 1 aromatic rings. The number of amides is 1. The van der Waals surface area contributed by atoms with Gasteiger partial charge in [-0.15, -0.1) is 11.3 Å². The van der Waals surface area contributed by atoms with Crippen molar-refractivity contribution in [1.82, 2.24) is 15.6 Å². The molecular weight excluding hydrogens is 258 g/mol. The lowest BCUT2D eigenvalue weighted by molar-refractivity contribution is -0.129. The molecule has 1 saturated heterocycles. The van der Waals surface area contributed by atoms with Gasteiger partial charge in [-0.3, -0.25) is 4.79 Å². The summed E-state index contributed by atoms with van der Waals surface area (Å²) in [6, 6.07) is 0. The summed E-state index contributed by atoms with van der Waals surface area (Å²) in [6.45, 7) is 3.93. The number of hydrogen-bond acceptors (Lipinski definition) is 4. The minimum absolute atomic E-state index is 0.152. The predicted molar refractivity (Wildman–Crippen MR) is 76.1 cm³/mol. The van der Waals surface area contributed by atoms with Crippen molar-refractivity contribution >= 4 is 17.2 Å². The van der Waals surface area contributed by atoms with E-state index in [1.54, 1.807) is 11.3 Å². The van der Waals surface area contributed by atoms with Crippen molar-refractivity contribution in [2.75, 3.05) is 13.1 Å². The second-order valence-corrected chi connectivity index (χ2v) is 6.60. The van der Waals surface area contributed by atoms with E-state index in [0.29, 0.717) is 0 Å². The maximum atomic E-state index is 12.4. The zero-order valence-electron chi connectivity index (χ0n) is 11.4. The Bertz CT molecular complexity index is 461. The van der Waals surface area contributed by atoms with E-state index in [1.165, 1.54) is 6.42 Å². The van der Waals surface area contributed by atoms with Gasteiger partial charge in [0.15, 0.2) is 0 Å². The average Bonchev–Trinajstić information content (AvgIpc) is 2.81. The molecule has 2 N–H and O–H groups in total. The van der Waals surface area contributed by atoms with Crippen LogP contribution in [0.1, 0.15) is 42.8 Å². The molecule has 0 atom stereocenters. The van der Waals surface area contributed by atoms with Crippen LogP contribution in [0.4, 0.5) is 0 Å². The molecule has 104 valence electrons. The standard InChI is InChI=1S/C14H21N3OS/c1-10-9-19-13(16-10)14(5-2-6-14)17-12(18)11-3-7-15-8-4-11/h9,11,15H,2-8H2,1H3,(H,17,18). The van der Waals surface area contributed by atoms with Gasteiger partial charge in [0.1, 0.15) is 5.01 Å². The minimum atomic E-state index is -0.152. The van der Waals surface area contributed by atoms with Crippen molar-refractivity contribution in [1.29, 1.82) is 0 Å². The van der Waals surface area contributed by atoms with E-state index < -0.39 is 0 Å². The van der Waals surface area contributed by atoms with E-state index in [4.69, 9.17) is 0 Å². The second kappa shape index (κ2) is 5.21. The smallest absolute Gasteiger partial charge is 0.223 e. The van der Waals surface area contributed by atoms with Crippen LogP contribution in [0.25, 0.3) is 0 Å². The van der Waals surface area contributed by atoms with Crippen LogP contribution in [0.2, 0.25) is 0 Å². The molecule has 0 unspecified atom stereocenters.